The number of carbonyl (C=O) groups excluding carboxylic acids is 1. The van der Waals surface area contributed by atoms with E-state index in [0.29, 0.717) is 6.54 Å². The molecule has 0 aromatic rings. The summed E-state index contributed by atoms with van der Waals surface area (Å²) < 4.78 is 11.5. The SMILES string of the molecule is CCCCNC(=O)CS(=O)C(CC)C(=O)O. The predicted octanol–water partition coefficient (Wildman–Crippen LogP) is 0.515. The lowest BCUT2D eigenvalue weighted by Crippen LogP contribution is -2.34. The average Bonchev–Trinajstić information content (AvgIpc) is 2.18. The van der Waals surface area contributed by atoms with Gasteiger partial charge in [0.1, 0.15) is 11.0 Å². The Morgan fingerprint density at radius 2 is 2.00 bits per heavy atom. The number of amides is 1. The van der Waals surface area contributed by atoms with Gasteiger partial charge in [-0.15, -0.1) is 0 Å². The molecule has 6 heteroatoms. The summed E-state index contributed by atoms with van der Waals surface area (Å²) >= 11 is 0. The fraction of sp³-hybridized carbons (Fsp3) is 0.800. The average molecular weight is 249 g/mol. The van der Waals surface area contributed by atoms with E-state index >= 15 is 0 Å². The van der Waals surface area contributed by atoms with Crippen molar-refractivity contribution in [3.05, 3.63) is 0 Å². The Labute approximate surface area is 98.1 Å². The van der Waals surface area contributed by atoms with E-state index in [9.17, 15) is 13.8 Å². The fourth-order valence-corrected chi connectivity index (χ4v) is 2.32. The first kappa shape index (κ1) is 15.1. The monoisotopic (exact) mass is 249 g/mol. The molecule has 0 aromatic heterocycles. The molecule has 0 aliphatic carbocycles. The minimum absolute atomic E-state index is 0.228. The molecule has 16 heavy (non-hydrogen) atoms. The van der Waals surface area contributed by atoms with Gasteiger partial charge in [0.15, 0.2) is 0 Å². The van der Waals surface area contributed by atoms with Crippen LogP contribution >= 0.6 is 0 Å². The molecular formula is C10H19NO4S. The van der Waals surface area contributed by atoms with Gasteiger partial charge in [-0.1, -0.05) is 20.3 Å². The standard InChI is InChI=1S/C10H19NO4S/c1-3-5-6-11-9(12)7-16(15)8(4-2)10(13)14/h8H,3-7H2,1-2H3,(H,11,12)(H,13,14). The summed E-state index contributed by atoms with van der Waals surface area (Å²) in [6, 6.07) is 0. The fourth-order valence-electron chi connectivity index (χ4n) is 1.16. The number of unbranched alkanes of at least 4 members (excludes halogenated alkanes) is 1. The van der Waals surface area contributed by atoms with Crippen LogP contribution in [0.4, 0.5) is 0 Å². The highest BCUT2D eigenvalue weighted by Crippen LogP contribution is 2.02. The normalized spacial score (nSPS) is 14.1. The third-order valence-corrected chi connectivity index (χ3v) is 3.81. The zero-order chi connectivity index (χ0) is 12.6. The van der Waals surface area contributed by atoms with Gasteiger partial charge >= 0.3 is 5.97 Å². The van der Waals surface area contributed by atoms with Gasteiger partial charge in [0.05, 0.1) is 0 Å². The van der Waals surface area contributed by atoms with Crippen molar-refractivity contribution >= 4 is 22.7 Å². The van der Waals surface area contributed by atoms with E-state index in [0.717, 1.165) is 12.8 Å². The number of hydrogen-bond donors (Lipinski definition) is 2. The van der Waals surface area contributed by atoms with Crippen LogP contribution in [0.1, 0.15) is 33.1 Å². The van der Waals surface area contributed by atoms with Crippen LogP contribution in [0, 0.1) is 0 Å². The van der Waals surface area contributed by atoms with Gasteiger partial charge in [-0.05, 0) is 12.8 Å². The van der Waals surface area contributed by atoms with E-state index in [1.54, 1.807) is 6.92 Å². The van der Waals surface area contributed by atoms with Gasteiger partial charge in [-0.3, -0.25) is 13.8 Å². The van der Waals surface area contributed by atoms with Crippen molar-refractivity contribution in [2.45, 2.75) is 38.4 Å². The molecule has 94 valence electrons. The van der Waals surface area contributed by atoms with Gasteiger partial charge in [-0.25, -0.2) is 0 Å². The number of carboxylic acid groups (broad SMARTS) is 1. The number of carboxylic acids is 1. The molecule has 0 bridgehead atoms. The first-order valence-electron chi connectivity index (χ1n) is 5.39. The Morgan fingerprint density at radius 1 is 1.38 bits per heavy atom. The Bertz CT molecular complexity index is 268. The number of nitrogens with one attached hydrogen (secondary N) is 1. The van der Waals surface area contributed by atoms with E-state index in [1.807, 2.05) is 6.92 Å². The quantitative estimate of drug-likeness (QED) is 0.614. The summed E-state index contributed by atoms with van der Waals surface area (Å²) in [6.45, 7) is 4.20. The van der Waals surface area contributed by atoms with E-state index in [2.05, 4.69) is 5.32 Å². The zero-order valence-electron chi connectivity index (χ0n) is 9.69. The summed E-state index contributed by atoms with van der Waals surface area (Å²) in [7, 11) is -1.64. The van der Waals surface area contributed by atoms with Gasteiger partial charge in [0.25, 0.3) is 0 Å². The first-order valence-corrected chi connectivity index (χ1v) is 6.77. The van der Waals surface area contributed by atoms with Crippen LogP contribution in [-0.4, -0.2) is 38.7 Å². The number of hydrogen-bond acceptors (Lipinski definition) is 3. The van der Waals surface area contributed by atoms with Crippen LogP contribution in [0.5, 0.6) is 0 Å². The van der Waals surface area contributed by atoms with E-state index in [4.69, 9.17) is 5.11 Å². The molecule has 0 aliphatic heterocycles. The Kier molecular flexibility index (Phi) is 7.80. The summed E-state index contributed by atoms with van der Waals surface area (Å²) in [5.74, 6) is -1.68. The van der Waals surface area contributed by atoms with Gasteiger partial charge in [-0.2, -0.15) is 0 Å². The lowest BCUT2D eigenvalue weighted by atomic mass is 10.3. The second kappa shape index (κ2) is 8.27. The maximum atomic E-state index is 11.5. The second-order valence-electron chi connectivity index (χ2n) is 3.46. The molecule has 0 saturated heterocycles. The van der Waals surface area contributed by atoms with Crippen LogP contribution in [0.25, 0.3) is 0 Å². The van der Waals surface area contributed by atoms with Crippen molar-refractivity contribution in [1.82, 2.24) is 5.32 Å². The maximum Gasteiger partial charge on any atom is 0.319 e. The molecule has 0 rings (SSSR count). The second-order valence-corrected chi connectivity index (χ2v) is 5.08. The third-order valence-electron chi connectivity index (χ3n) is 2.09. The Hall–Kier alpha value is -0.910. The van der Waals surface area contributed by atoms with Crippen LogP contribution in [-0.2, 0) is 20.4 Å². The van der Waals surface area contributed by atoms with E-state index in [1.165, 1.54) is 0 Å². The predicted molar refractivity (Wildman–Crippen MR) is 62.6 cm³/mol. The van der Waals surface area contributed by atoms with Gasteiger partial charge in [0.2, 0.25) is 5.91 Å². The largest absolute Gasteiger partial charge is 0.480 e. The molecule has 2 unspecified atom stereocenters. The van der Waals surface area contributed by atoms with Crippen LogP contribution < -0.4 is 5.32 Å². The van der Waals surface area contributed by atoms with Crippen molar-refractivity contribution in [3.8, 4) is 0 Å². The van der Waals surface area contributed by atoms with E-state index in [-0.39, 0.29) is 18.1 Å². The van der Waals surface area contributed by atoms with Crippen LogP contribution in [0.15, 0.2) is 0 Å². The summed E-state index contributed by atoms with van der Waals surface area (Å²) in [5, 5.41) is 10.4. The minimum atomic E-state index is -1.64. The topological polar surface area (TPSA) is 83.5 Å². The van der Waals surface area contributed by atoms with Crippen molar-refractivity contribution in [2.24, 2.45) is 0 Å². The lowest BCUT2D eigenvalue weighted by Gasteiger charge is -2.09. The molecule has 5 nitrogen and oxygen atoms in total. The summed E-state index contributed by atoms with van der Waals surface area (Å²) in [6.07, 6.45) is 2.11. The van der Waals surface area contributed by atoms with Gasteiger partial charge in [0, 0.05) is 17.3 Å². The molecule has 0 spiro atoms. The lowest BCUT2D eigenvalue weighted by molar-refractivity contribution is -0.136. The highest BCUT2D eigenvalue weighted by molar-refractivity contribution is 7.87. The first-order chi connectivity index (χ1) is 7.52. The number of rotatable bonds is 8. The van der Waals surface area contributed by atoms with Crippen LogP contribution in [0.2, 0.25) is 0 Å². The third kappa shape index (κ3) is 5.85. The van der Waals surface area contributed by atoms with Crippen molar-refractivity contribution in [3.63, 3.8) is 0 Å². The number of carbonyl (C=O) groups is 2. The molecule has 0 saturated carbocycles. The summed E-state index contributed by atoms with van der Waals surface area (Å²) in [4.78, 5) is 22.0. The Morgan fingerprint density at radius 3 is 2.44 bits per heavy atom. The highest BCUT2D eigenvalue weighted by Gasteiger charge is 2.24. The van der Waals surface area contributed by atoms with Crippen LogP contribution in [0.3, 0.4) is 0 Å². The highest BCUT2D eigenvalue weighted by atomic mass is 32.2. The maximum absolute atomic E-state index is 11.5. The molecular weight excluding hydrogens is 230 g/mol. The summed E-state index contributed by atoms with van der Waals surface area (Å²) in [5.41, 5.74) is 0. The molecule has 0 radical (unpaired) electrons. The van der Waals surface area contributed by atoms with E-state index < -0.39 is 22.0 Å². The Balaban J connectivity index is 4.02. The smallest absolute Gasteiger partial charge is 0.319 e. The minimum Gasteiger partial charge on any atom is -0.480 e. The van der Waals surface area contributed by atoms with Crippen molar-refractivity contribution < 1.29 is 18.9 Å². The number of aliphatic carboxylic acids is 1. The molecule has 0 aliphatic rings. The molecule has 0 aromatic carbocycles. The van der Waals surface area contributed by atoms with Crippen molar-refractivity contribution in [2.75, 3.05) is 12.3 Å². The molecule has 2 N–H and O–H groups in total. The van der Waals surface area contributed by atoms with Gasteiger partial charge < -0.3 is 10.4 Å². The molecule has 0 fully saturated rings. The molecule has 2 atom stereocenters. The van der Waals surface area contributed by atoms with Crippen molar-refractivity contribution in [1.29, 1.82) is 0 Å². The zero-order valence-corrected chi connectivity index (χ0v) is 10.5. The molecule has 0 heterocycles. The molecule has 1 amide bonds.